The normalized spacial score (nSPS) is 13.6. The first-order valence-corrected chi connectivity index (χ1v) is 9.23. The zero-order chi connectivity index (χ0) is 18.8. The Morgan fingerprint density at radius 3 is 2.63 bits per heavy atom. The number of amides is 1. The second-order valence-corrected chi connectivity index (χ2v) is 7.09. The van der Waals surface area contributed by atoms with Crippen LogP contribution < -0.4 is 0 Å². The molecule has 0 atom stereocenters. The topological polar surface area (TPSA) is 38.1 Å². The summed E-state index contributed by atoms with van der Waals surface area (Å²) >= 11 is 0. The minimum atomic E-state index is -0.230. The van der Waals surface area contributed by atoms with Crippen molar-refractivity contribution in [2.45, 2.75) is 38.9 Å². The monoisotopic (exact) mass is 363 g/mol. The summed E-state index contributed by atoms with van der Waals surface area (Å²) in [7, 11) is 0. The predicted octanol–water partition coefficient (Wildman–Crippen LogP) is 4.18. The first-order valence-electron chi connectivity index (χ1n) is 9.23. The maximum absolute atomic E-state index is 14.0. The van der Waals surface area contributed by atoms with Crippen LogP contribution >= 0.6 is 0 Å². The molecule has 1 saturated carbocycles. The highest BCUT2D eigenvalue weighted by Crippen LogP contribution is 2.30. The van der Waals surface area contributed by atoms with Crippen molar-refractivity contribution < 1.29 is 9.18 Å². The third-order valence-corrected chi connectivity index (χ3v) is 4.96. The van der Waals surface area contributed by atoms with Gasteiger partial charge in [-0.25, -0.2) is 9.37 Å². The van der Waals surface area contributed by atoms with Gasteiger partial charge in [-0.3, -0.25) is 4.79 Å². The van der Waals surface area contributed by atoms with Gasteiger partial charge in [-0.05, 0) is 38.0 Å². The van der Waals surface area contributed by atoms with E-state index in [2.05, 4.69) is 4.98 Å². The second-order valence-electron chi connectivity index (χ2n) is 7.09. The Balaban J connectivity index is 1.55. The largest absolute Gasteiger partial charge is 0.329 e. The van der Waals surface area contributed by atoms with Crippen LogP contribution in [-0.2, 0) is 13.1 Å². The van der Waals surface area contributed by atoms with Gasteiger partial charge in [-0.1, -0.05) is 35.9 Å². The number of benzene rings is 2. The zero-order valence-corrected chi connectivity index (χ0v) is 15.3. The van der Waals surface area contributed by atoms with Gasteiger partial charge in [0, 0.05) is 29.6 Å². The fourth-order valence-electron chi connectivity index (χ4n) is 3.21. The lowest BCUT2D eigenvalue weighted by atomic mass is 10.1. The average Bonchev–Trinajstić information content (AvgIpc) is 3.42. The number of rotatable bonds is 6. The molecule has 4 rings (SSSR count). The molecule has 0 radical (unpaired) electrons. The van der Waals surface area contributed by atoms with Crippen LogP contribution in [0.5, 0.6) is 0 Å². The zero-order valence-electron chi connectivity index (χ0n) is 15.3. The maximum Gasteiger partial charge on any atom is 0.254 e. The van der Waals surface area contributed by atoms with Gasteiger partial charge in [-0.15, -0.1) is 0 Å². The smallest absolute Gasteiger partial charge is 0.254 e. The van der Waals surface area contributed by atoms with Gasteiger partial charge in [0.25, 0.3) is 5.91 Å². The van der Waals surface area contributed by atoms with Crippen LogP contribution in [0.15, 0.2) is 60.9 Å². The Hall–Kier alpha value is -2.95. The van der Waals surface area contributed by atoms with Gasteiger partial charge in [0.1, 0.15) is 11.6 Å². The number of aryl methyl sites for hydroxylation is 1. The molecule has 138 valence electrons. The number of imidazole rings is 1. The van der Waals surface area contributed by atoms with Crippen molar-refractivity contribution in [3.63, 3.8) is 0 Å². The fraction of sp³-hybridized carbons (Fsp3) is 0.273. The molecule has 1 aliphatic rings. The standard InChI is InChI=1S/C22H22FN3O/c1-16-6-8-17(9-7-16)22(27)26(19-10-11-19)15-21-24-12-13-25(21)14-18-4-2-3-5-20(18)23/h2-9,12-13,19H,10-11,14-15H2,1H3. The molecule has 2 aromatic carbocycles. The SMILES string of the molecule is Cc1ccc(C(=O)N(Cc2nccn2Cc2ccccc2F)C2CC2)cc1. The summed E-state index contributed by atoms with van der Waals surface area (Å²) in [5.41, 5.74) is 2.43. The van der Waals surface area contributed by atoms with Crippen molar-refractivity contribution in [3.05, 3.63) is 89.3 Å². The third-order valence-electron chi connectivity index (χ3n) is 4.96. The van der Waals surface area contributed by atoms with Crippen LogP contribution in [0.3, 0.4) is 0 Å². The van der Waals surface area contributed by atoms with Gasteiger partial charge in [-0.2, -0.15) is 0 Å². The van der Waals surface area contributed by atoms with E-state index in [1.165, 1.54) is 6.07 Å². The number of carbonyl (C=O) groups is 1. The molecular weight excluding hydrogens is 341 g/mol. The van der Waals surface area contributed by atoms with Crippen molar-refractivity contribution in [3.8, 4) is 0 Å². The predicted molar refractivity (Wildman–Crippen MR) is 102 cm³/mol. The number of carbonyl (C=O) groups excluding carboxylic acids is 1. The highest BCUT2D eigenvalue weighted by Gasteiger charge is 2.33. The molecule has 4 nitrogen and oxygen atoms in total. The van der Waals surface area contributed by atoms with E-state index in [1.54, 1.807) is 18.3 Å². The summed E-state index contributed by atoms with van der Waals surface area (Å²) in [6, 6.07) is 14.7. The molecule has 0 spiro atoms. The number of nitrogens with zero attached hydrogens (tertiary/aromatic N) is 3. The Kier molecular flexibility index (Phi) is 4.75. The first kappa shape index (κ1) is 17.5. The van der Waals surface area contributed by atoms with E-state index in [0.717, 1.165) is 24.2 Å². The van der Waals surface area contributed by atoms with Gasteiger partial charge in [0.2, 0.25) is 0 Å². The quantitative estimate of drug-likeness (QED) is 0.659. The van der Waals surface area contributed by atoms with Crippen molar-refractivity contribution in [1.29, 1.82) is 0 Å². The van der Waals surface area contributed by atoms with Crippen molar-refractivity contribution in [2.24, 2.45) is 0 Å². The summed E-state index contributed by atoms with van der Waals surface area (Å²) in [4.78, 5) is 19.3. The molecule has 3 aromatic rings. The number of hydrogen-bond acceptors (Lipinski definition) is 2. The lowest BCUT2D eigenvalue weighted by Crippen LogP contribution is -2.33. The lowest BCUT2D eigenvalue weighted by molar-refractivity contribution is 0.0723. The summed E-state index contributed by atoms with van der Waals surface area (Å²) < 4.78 is 15.9. The third kappa shape index (κ3) is 3.92. The molecule has 0 N–H and O–H groups in total. The summed E-state index contributed by atoms with van der Waals surface area (Å²) in [5, 5.41) is 0. The molecule has 27 heavy (non-hydrogen) atoms. The van der Waals surface area contributed by atoms with Crippen LogP contribution in [0.25, 0.3) is 0 Å². The van der Waals surface area contributed by atoms with E-state index in [9.17, 15) is 9.18 Å². The molecule has 0 bridgehead atoms. The highest BCUT2D eigenvalue weighted by atomic mass is 19.1. The van der Waals surface area contributed by atoms with Crippen LogP contribution in [0.2, 0.25) is 0 Å². The van der Waals surface area contributed by atoms with Crippen LogP contribution in [0, 0.1) is 12.7 Å². The number of halogens is 1. The minimum Gasteiger partial charge on any atom is -0.329 e. The van der Waals surface area contributed by atoms with E-state index in [-0.39, 0.29) is 17.8 Å². The lowest BCUT2D eigenvalue weighted by Gasteiger charge is -2.23. The Bertz CT molecular complexity index is 944. The van der Waals surface area contributed by atoms with E-state index in [0.29, 0.717) is 24.2 Å². The maximum atomic E-state index is 14.0. The van der Waals surface area contributed by atoms with E-state index >= 15 is 0 Å². The van der Waals surface area contributed by atoms with Gasteiger partial charge < -0.3 is 9.47 Å². The highest BCUT2D eigenvalue weighted by molar-refractivity contribution is 5.94. The molecule has 0 aliphatic heterocycles. The molecule has 0 unspecified atom stereocenters. The second kappa shape index (κ2) is 7.35. The van der Waals surface area contributed by atoms with E-state index in [4.69, 9.17) is 0 Å². The summed E-state index contributed by atoms with van der Waals surface area (Å²) in [5.74, 6) is 0.565. The number of hydrogen-bond donors (Lipinski definition) is 0. The number of aromatic nitrogens is 2. The molecule has 1 heterocycles. The molecule has 0 saturated heterocycles. The van der Waals surface area contributed by atoms with Gasteiger partial charge in [0.05, 0.1) is 13.1 Å². The van der Waals surface area contributed by atoms with Crippen LogP contribution in [0.1, 0.15) is 40.2 Å². The molecule has 1 amide bonds. The first-order chi connectivity index (χ1) is 13.1. The summed E-state index contributed by atoms with van der Waals surface area (Å²) in [6.07, 6.45) is 5.58. The summed E-state index contributed by atoms with van der Waals surface area (Å²) in [6.45, 7) is 2.84. The fourth-order valence-corrected chi connectivity index (χ4v) is 3.21. The Morgan fingerprint density at radius 2 is 1.93 bits per heavy atom. The van der Waals surface area contributed by atoms with Crippen molar-refractivity contribution in [2.75, 3.05) is 0 Å². The van der Waals surface area contributed by atoms with Gasteiger partial charge in [0.15, 0.2) is 0 Å². The Morgan fingerprint density at radius 1 is 1.19 bits per heavy atom. The van der Waals surface area contributed by atoms with Crippen LogP contribution in [-0.4, -0.2) is 26.4 Å². The Labute approximate surface area is 158 Å². The molecule has 1 aromatic heterocycles. The molecular formula is C22H22FN3O. The van der Waals surface area contributed by atoms with E-state index < -0.39 is 0 Å². The van der Waals surface area contributed by atoms with Crippen LogP contribution in [0.4, 0.5) is 4.39 Å². The van der Waals surface area contributed by atoms with Gasteiger partial charge >= 0.3 is 0 Å². The molecule has 5 heteroatoms. The van der Waals surface area contributed by atoms with Crippen molar-refractivity contribution in [1.82, 2.24) is 14.5 Å². The average molecular weight is 363 g/mol. The van der Waals surface area contributed by atoms with Crippen molar-refractivity contribution >= 4 is 5.91 Å². The minimum absolute atomic E-state index is 0.0259. The molecule has 1 aliphatic carbocycles. The van der Waals surface area contributed by atoms with E-state index in [1.807, 2.05) is 52.9 Å². The molecule has 1 fully saturated rings.